The van der Waals surface area contributed by atoms with Crippen molar-refractivity contribution >= 4 is 5.84 Å². The summed E-state index contributed by atoms with van der Waals surface area (Å²) in [6.45, 7) is 0.690. The third-order valence-corrected chi connectivity index (χ3v) is 2.71. The van der Waals surface area contributed by atoms with Crippen molar-refractivity contribution in [3.63, 3.8) is 0 Å². The summed E-state index contributed by atoms with van der Waals surface area (Å²) in [6.07, 6.45) is 2.29. The molecular weight excluding hydrogens is 191 g/mol. The van der Waals surface area contributed by atoms with Crippen molar-refractivity contribution in [2.24, 2.45) is 5.92 Å². The van der Waals surface area contributed by atoms with E-state index in [1.807, 2.05) is 11.9 Å². The van der Waals surface area contributed by atoms with Gasteiger partial charge in [0.15, 0.2) is 0 Å². The van der Waals surface area contributed by atoms with Crippen molar-refractivity contribution in [2.45, 2.75) is 19.4 Å². The third kappa shape index (κ3) is 2.55. The van der Waals surface area contributed by atoms with Crippen LogP contribution in [0.15, 0.2) is 24.3 Å². The van der Waals surface area contributed by atoms with E-state index < -0.39 is 0 Å². The quantitative estimate of drug-likeness (QED) is 0.597. The maximum absolute atomic E-state index is 12.7. The summed E-state index contributed by atoms with van der Waals surface area (Å²) >= 11 is 0. The van der Waals surface area contributed by atoms with Gasteiger partial charge in [-0.15, -0.1) is 0 Å². The standard InChI is InChI=1S/C12H15FN2/c1-15(12(14)10-4-5-10)8-9-2-6-11(13)7-3-9/h2-3,6-7,10,14H,4-5,8H2,1H3. The molecule has 0 amide bonds. The highest BCUT2D eigenvalue weighted by molar-refractivity contribution is 5.83. The number of hydrogen-bond donors (Lipinski definition) is 1. The van der Waals surface area contributed by atoms with E-state index in [2.05, 4.69) is 0 Å². The minimum atomic E-state index is -0.210. The molecule has 15 heavy (non-hydrogen) atoms. The van der Waals surface area contributed by atoms with Crippen molar-refractivity contribution in [1.29, 1.82) is 5.41 Å². The Morgan fingerprint density at radius 3 is 2.53 bits per heavy atom. The molecule has 3 heteroatoms. The Morgan fingerprint density at radius 2 is 2.00 bits per heavy atom. The van der Waals surface area contributed by atoms with Crippen molar-refractivity contribution in [3.8, 4) is 0 Å². The fourth-order valence-electron chi connectivity index (χ4n) is 1.62. The zero-order valence-electron chi connectivity index (χ0n) is 8.83. The van der Waals surface area contributed by atoms with E-state index in [0.29, 0.717) is 18.3 Å². The van der Waals surface area contributed by atoms with Gasteiger partial charge in [0.1, 0.15) is 5.82 Å². The molecule has 1 aliphatic rings. The molecule has 80 valence electrons. The van der Waals surface area contributed by atoms with Crippen molar-refractivity contribution in [1.82, 2.24) is 4.90 Å². The lowest BCUT2D eigenvalue weighted by Crippen LogP contribution is -2.26. The van der Waals surface area contributed by atoms with Gasteiger partial charge in [0.05, 0.1) is 5.84 Å². The van der Waals surface area contributed by atoms with Crippen LogP contribution >= 0.6 is 0 Å². The molecule has 2 nitrogen and oxygen atoms in total. The molecule has 2 rings (SSSR count). The molecule has 0 spiro atoms. The zero-order chi connectivity index (χ0) is 10.8. The second-order valence-electron chi connectivity index (χ2n) is 4.14. The van der Waals surface area contributed by atoms with Gasteiger partial charge in [-0.3, -0.25) is 5.41 Å². The van der Waals surface area contributed by atoms with E-state index in [4.69, 9.17) is 5.41 Å². The predicted molar refractivity (Wildman–Crippen MR) is 58.3 cm³/mol. The van der Waals surface area contributed by atoms with E-state index in [9.17, 15) is 4.39 Å². The molecule has 1 aliphatic carbocycles. The number of nitrogens with zero attached hydrogens (tertiary/aromatic N) is 1. The first-order valence-electron chi connectivity index (χ1n) is 5.21. The SMILES string of the molecule is CN(Cc1ccc(F)cc1)C(=N)C1CC1. The van der Waals surface area contributed by atoms with E-state index in [1.165, 1.54) is 12.1 Å². The summed E-state index contributed by atoms with van der Waals surface area (Å²) in [7, 11) is 1.92. The van der Waals surface area contributed by atoms with Crippen LogP contribution < -0.4 is 0 Å². The monoisotopic (exact) mass is 206 g/mol. The smallest absolute Gasteiger partial charge is 0.123 e. The van der Waals surface area contributed by atoms with Crippen LogP contribution in [-0.4, -0.2) is 17.8 Å². The van der Waals surface area contributed by atoms with Crippen LogP contribution in [0.3, 0.4) is 0 Å². The van der Waals surface area contributed by atoms with E-state index >= 15 is 0 Å². The average Bonchev–Trinajstić information content (AvgIpc) is 3.04. The van der Waals surface area contributed by atoms with Crippen LogP contribution in [-0.2, 0) is 6.54 Å². The number of rotatable bonds is 3. The summed E-state index contributed by atoms with van der Waals surface area (Å²) < 4.78 is 12.7. The highest BCUT2D eigenvalue weighted by Crippen LogP contribution is 2.31. The Bertz CT molecular complexity index is 354. The van der Waals surface area contributed by atoms with Crippen molar-refractivity contribution in [3.05, 3.63) is 35.6 Å². The van der Waals surface area contributed by atoms with Crippen LogP contribution in [0, 0.1) is 17.1 Å². The minimum absolute atomic E-state index is 0.210. The molecule has 1 aromatic rings. The summed E-state index contributed by atoms with van der Waals surface area (Å²) in [5.41, 5.74) is 1.05. The zero-order valence-corrected chi connectivity index (χ0v) is 8.83. The normalized spacial score (nSPS) is 15.1. The number of amidine groups is 1. The van der Waals surface area contributed by atoms with Gasteiger partial charge in [0.2, 0.25) is 0 Å². The average molecular weight is 206 g/mol. The summed E-state index contributed by atoms with van der Waals surface area (Å²) in [4.78, 5) is 1.94. The van der Waals surface area contributed by atoms with E-state index in [-0.39, 0.29) is 5.82 Å². The van der Waals surface area contributed by atoms with E-state index in [1.54, 1.807) is 12.1 Å². The van der Waals surface area contributed by atoms with Gasteiger partial charge in [-0.1, -0.05) is 12.1 Å². The minimum Gasteiger partial charge on any atom is -0.359 e. The molecule has 0 aliphatic heterocycles. The molecule has 0 aromatic heterocycles. The fourth-order valence-corrected chi connectivity index (χ4v) is 1.62. The predicted octanol–water partition coefficient (Wildman–Crippen LogP) is 2.64. The Kier molecular flexibility index (Phi) is 2.71. The number of halogens is 1. The van der Waals surface area contributed by atoms with Gasteiger partial charge in [0.25, 0.3) is 0 Å². The molecule has 1 fully saturated rings. The molecule has 0 radical (unpaired) electrons. The number of hydrogen-bond acceptors (Lipinski definition) is 1. The molecule has 1 aromatic carbocycles. The Morgan fingerprint density at radius 1 is 1.40 bits per heavy atom. The fraction of sp³-hybridized carbons (Fsp3) is 0.417. The first-order valence-corrected chi connectivity index (χ1v) is 5.21. The molecule has 0 atom stereocenters. The van der Waals surface area contributed by atoms with Crippen LogP contribution in [0.5, 0.6) is 0 Å². The number of benzene rings is 1. The first-order chi connectivity index (χ1) is 7.16. The molecule has 1 N–H and O–H groups in total. The molecule has 0 saturated heterocycles. The first kappa shape index (κ1) is 10.1. The molecular formula is C12H15FN2. The molecule has 0 heterocycles. The van der Waals surface area contributed by atoms with Gasteiger partial charge in [-0.25, -0.2) is 4.39 Å². The summed E-state index contributed by atoms with van der Waals surface area (Å²) in [5.74, 6) is 0.966. The number of nitrogens with one attached hydrogen (secondary N) is 1. The highest BCUT2D eigenvalue weighted by atomic mass is 19.1. The largest absolute Gasteiger partial charge is 0.359 e. The van der Waals surface area contributed by atoms with Gasteiger partial charge >= 0.3 is 0 Å². The van der Waals surface area contributed by atoms with Crippen LogP contribution in [0.25, 0.3) is 0 Å². The Labute approximate surface area is 89.2 Å². The Hall–Kier alpha value is -1.38. The van der Waals surface area contributed by atoms with Gasteiger partial charge in [-0.2, -0.15) is 0 Å². The van der Waals surface area contributed by atoms with Crippen molar-refractivity contribution < 1.29 is 4.39 Å². The summed E-state index contributed by atoms with van der Waals surface area (Å²) in [5, 5.41) is 7.86. The lowest BCUT2D eigenvalue weighted by molar-refractivity contribution is 0.480. The van der Waals surface area contributed by atoms with Crippen LogP contribution in [0.1, 0.15) is 18.4 Å². The lowest BCUT2D eigenvalue weighted by Gasteiger charge is -2.19. The maximum Gasteiger partial charge on any atom is 0.123 e. The van der Waals surface area contributed by atoms with Crippen LogP contribution in [0.4, 0.5) is 4.39 Å². The van der Waals surface area contributed by atoms with Gasteiger partial charge in [0, 0.05) is 19.5 Å². The van der Waals surface area contributed by atoms with Gasteiger partial charge in [-0.05, 0) is 30.5 Å². The molecule has 0 unspecified atom stereocenters. The Balaban J connectivity index is 1.95. The topological polar surface area (TPSA) is 27.1 Å². The van der Waals surface area contributed by atoms with Crippen molar-refractivity contribution in [2.75, 3.05) is 7.05 Å². The molecule has 0 bridgehead atoms. The lowest BCUT2D eigenvalue weighted by atomic mass is 10.2. The second kappa shape index (κ2) is 4.01. The molecule has 1 saturated carbocycles. The summed E-state index contributed by atoms with van der Waals surface area (Å²) in [6, 6.07) is 6.46. The second-order valence-corrected chi connectivity index (χ2v) is 4.14. The highest BCUT2D eigenvalue weighted by Gasteiger charge is 2.28. The maximum atomic E-state index is 12.7. The third-order valence-electron chi connectivity index (χ3n) is 2.71. The van der Waals surface area contributed by atoms with E-state index in [0.717, 1.165) is 18.4 Å². The van der Waals surface area contributed by atoms with Gasteiger partial charge < -0.3 is 4.90 Å². The van der Waals surface area contributed by atoms with Crippen LogP contribution in [0.2, 0.25) is 0 Å².